The van der Waals surface area contributed by atoms with E-state index in [9.17, 15) is 4.79 Å². The number of carbonyl (C=O) groups excluding carboxylic acids is 1. The third-order valence-electron chi connectivity index (χ3n) is 5.30. The molecule has 0 saturated carbocycles. The van der Waals surface area contributed by atoms with Gasteiger partial charge < -0.3 is 9.42 Å². The minimum atomic E-state index is 0.0248. The number of carbonyl (C=O) groups is 1. The van der Waals surface area contributed by atoms with Crippen LogP contribution in [0, 0.1) is 0 Å². The topological polar surface area (TPSA) is 80.3 Å². The second-order valence-electron chi connectivity index (χ2n) is 7.47. The molecule has 5 rings (SSSR count). The molecule has 1 aromatic carbocycles. The Balaban J connectivity index is 1.14. The van der Waals surface area contributed by atoms with Crippen molar-refractivity contribution < 1.29 is 9.32 Å². The summed E-state index contributed by atoms with van der Waals surface area (Å²) >= 11 is 1.59. The fourth-order valence-electron chi connectivity index (χ4n) is 3.64. The van der Waals surface area contributed by atoms with Crippen molar-refractivity contribution in [2.24, 2.45) is 0 Å². The zero-order chi connectivity index (χ0) is 21.0. The second kappa shape index (κ2) is 8.83. The van der Waals surface area contributed by atoms with E-state index in [0.29, 0.717) is 43.5 Å². The maximum absolute atomic E-state index is 12.9. The van der Waals surface area contributed by atoms with E-state index in [1.165, 1.54) is 0 Å². The van der Waals surface area contributed by atoms with Crippen molar-refractivity contribution in [2.45, 2.75) is 13.1 Å². The fourth-order valence-corrected chi connectivity index (χ4v) is 4.29. The zero-order valence-electron chi connectivity index (χ0n) is 16.9. The first kappa shape index (κ1) is 19.7. The summed E-state index contributed by atoms with van der Waals surface area (Å²) in [7, 11) is 0. The molecule has 1 saturated heterocycles. The molecule has 0 radical (unpaired) electrons. The number of hydrogen-bond donors (Lipinski definition) is 0. The Kier molecular flexibility index (Phi) is 5.59. The highest BCUT2D eigenvalue weighted by Gasteiger charge is 2.24. The van der Waals surface area contributed by atoms with Crippen LogP contribution in [0.2, 0.25) is 0 Å². The maximum atomic E-state index is 12.9. The van der Waals surface area contributed by atoms with E-state index in [2.05, 4.69) is 32.3 Å². The average molecular weight is 435 g/mol. The molecule has 1 aliphatic rings. The third-order valence-corrected chi connectivity index (χ3v) is 6.16. The molecule has 0 bridgehead atoms. The number of rotatable bonds is 6. The van der Waals surface area contributed by atoms with Crippen LogP contribution >= 0.6 is 11.3 Å². The molecule has 9 heteroatoms. The maximum Gasteiger partial charge on any atom is 0.257 e. The molecule has 0 spiro atoms. The normalized spacial score (nSPS) is 14.8. The standard InChI is InChI=1S/C22H22N6O2S/c29-22(18-13-23-28(15-18)14-17-5-2-1-3-6-17)27-10-8-26(9-11-27)16-20-24-21(25-30-20)19-7-4-12-31-19/h1-7,12-13,15H,8-11,14,16H2. The van der Waals surface area contributed by atoms with Crippen LogP contribution in [0.1, 0.15) is 21.8 Å². The Morgan fingerprint density at radius 3 is 2.65 bits per heavy atom. The van der Waals surface area contributed by atoms with Gasteiger partial charge in [-0.25, -0.2) is 0 Å². The van der Waals surface area contributed by atoms with Gasteiger partial charge in [0.2, 0.25) is 11.7 Å². The second-order valence-corrected chi connectivity index (χ2v) is 8.42. The smallest absolute Gasteiger partial charge is 0.257 e. The van der Waals surface area contributed by atoms with E-state index >= 15 is 0 Å². The van der Waals surface area contributed by atoms with Gasteiger partial charge in [-0.05, 0) is 17.0 Å². The fraction of sp³-hybridized carbons (Fsp3) is 0.273. The molecule has 0 atom stereocenters. The number of aromatic nitrogens is 4. The minimum absolute atomic E-state index is 0.0248. The Labute approximate surface area is 183 Å². The number of piperazine rings is 1. The first-order valence-electron chi connectivity index (χ1n) is 10.2. The van der Waals surface area contributed by atoms with Crippen molar-refractivity contribution in [3.05, 3.63) is 77.3 Å². The lowest BCUT2D eigenvalue weighted by atomic mass is 10.2. The molecule has 0 aliphatic carbocycles. The SMILES string of the molecule is O=C(c1cnn(Cc2ccccc2)c1)N1CCN(Cc2nc(-c3cccs3)no2)CC1. The molecular formula is C22H22N6O2S. The van der Waals surface area contributed by atoms with E-state index < -0.39 is 0 Å². The first-order valence-corrected chi connectivity index (χ1v) is 11.1. The van der Waals surface area contributed by atoms with Gasteiger partial charge in [-0.15, -0.1) is 11.3 Å². The van der Waals surface area contributed by atoms with Crippen LogP contribution in [0.5, 0.6) is 0 Å². The van der Waals surface area contributed by atoms with Gasteiger partial charge in [-0.1, -0.05) is 41.6 Å². The van der Waals surface area contributed by atoms with Crippen LogP contribution in [-0.2, 0) is 13.1 Å². The van der Waals surface area contributed by atoms with Crippen LogP contribution in [0.25, 0.3) is 10.7 Å². The molecule has 8 nitrogen and oxygen atoms in total. The van der Waals surface area contributed by atoms with Gasteiger partial charge in [0.05, 0.1) is 29.7 Å². The number of amides is 1. The van der Waals surface area contributed by atoms with Gasteiger partial charge in [0, 0.05) is 32.4 Å². The highest BCUT2D eigenvalue weighted by Crippen LogP contribution is 2.22. The molecular weight excluding hydrogens is 412 g/mol. The first-order chi connectivity index (χ1) is 15.2. The van der Waals surface area contributed by atoms with E-state index in [1.807, 2.05) is 46.8 Å². The van der Waals surface area contributed by atoms with Gasteiger partial charge >= 0.3 is 0 Å². The summed E-state index contributed by atoms with van der Waals surface area (Å²) in [4.78, 5) is 22.5. The largest absolute Gasteiger partial charge is 0.338 e. The highest BCUT2D eigenvalue weighted by molar-refractivity contribution is 7.13. The van der Waals surface area contributed by atoms with Gasteiger partial charge in [0.25, 0.3) is 5.91 Å². The lowest BCUT2D eigenvalue weighted by Crippen LogP contribution is -2.48. The molecule has 31 heavy (non-hydrogen) atoms. The quantitative estimate of drug-likeness (QED) is 0.464. The molecule has 0 N–H and O–H groups in total. The summed E-state index contributed by atoms with van der Waals surface area (Å²) in [6.07, 6.45) is 3.48. The van der Waals surface area contributed by atoms with Gasteiger partial charge in [0.1, 0.15) is 0 Å². The molecule has 158 valence electrons. The van der Waals surface area contributed by atoms with E-state index in [0.717, 1.165) is 23.5 Å². The predicted octanol–water partition coefficient (Wildman–Crippen LogP) is 3.00. The minimum Gasteiger partial charge on any atom is -0.338 e. The lowest BCUT2D eigenvalue weighted by molar-refractivity contribution is 0.0615. The molecule has 1 aliphatic heterocycles. The Morgan fingerprint density at radius 2 is 1.87 bits per heavy atom. The van der Waals surface area contributed by atoms with Crippen LogP contribution < -0.4 is 0 Å². The average Bonchev–Trinajstić information content (AvgIpc) is 3.57. The van der Waals surface area contributed by atoms with Crippen molar-refractivity contribution in [3.63, 3.8) is 0 Å². The Morgan fingerprint density at radius 1 is 1.03 bits per heavy atom. The van der Waals surface area contributed by atoms with E-state index in [1.54, 1.807) is 22.2 Å². The lowest BCUT2D eigenvalue weighted by Gasteiger charge is -2.33. The number of hydrogen-bond acceptors (Lipinski definition) is 7. The molecule has 4 aromatic rings. The highest BCUT2D eigenvalue weighted by atomic mass is 32.1. The van der Waals surface area contributed by atoms with Crippen LogP contribution in [0.4, 0.5) is 0 Å². The van der Waals surface area contributed by atoms with E-state index in [4.69, 9.17) is 4.52 Å². The summed E-state index contributed by atoms with van der Waals surface area (Å²) in [6.45, 7) is 4.10. The number of thiophene rings is 1. The molecule has 3 aromatic heterocycles. The molecule has 4 heterocycles. The van der Waals surface area contributed by atoms with Crippen molar-refractivity contribution in [1.29, 1.82) is 0 Å². The van der Waals surface area contributed by atoms with Crippen molar-refractivity contribution in [1.82, 2.24) is 29.7 Å². The Hall–Kier alpha value is -3.30. The predicted molar refractivity (Wildman–Crippen MR) is 117 cm³/mol. The number of nitrogens with zero attached hydrogens (tertiary/aromatic N) is 6. The number of benzene rings is 1. The van der Waals surface area contributed by atoms with Crippen molar-refractivity contribution >= 4 is 17.2 Å². The summed E-state index contributed by atoms with van der Waals surface area (Å²) in [5.41, 5.74) is 1.78. The molecule has 1 amide bonds. The van der Waals surface area contributed by atoms with Gasteiger partial charge in [-0.3, -0.25) is 14.4 Å². The summed E-state index contributed by atoms with van der Waals surface area (Å²) < 4.78 is 7.20. The van der Waals surface area contributed by atoms with Gasteiger partial charge in [0.15, 0.2) is 0 Å². The molecule has 1 fully saturated rings. The van der Waals surface area contributed by atoms with Crippen molar-refractivity contribution in [2.75, 3.05) is 26.2 Å². The third kappa shape index (κ3) is 4.57. The van der Waals surface area contributed by atoms with Gasteiger partial charge in [-0.2, -0.15) is 10.1 Å². The summed E-state index contributed by atoms with van der Waals surface area (Å²) in [5.74, 6) is 1.26. The summed E-state index contributed by atoms with van der Waals surface area (Å²) in [6, 6.07) is 14.0. The summed E-state index contributed by atoms with van der Waals surface area (Å²) in [5, 5.41) is 10.4. The zero-order valence-corrected chi connectivity index (χ0v) is 17.7. The van der Waals surface area contributed by atoms with Crippen LogP contribution in [0.3, 0.4) is 0 Å². The van der Waals surface area contributed by atoms with Crippen LogP contribution in [-0.4, -0.2) is 61.8 Å². The van der Waals surface area contributed by atoms with Crippen LogP contribution in [0.15, 0.2) is 64.8 Å². The molecule has 0 unspecified atom stereocenters. The Bertz CT molecular complexity index is 1130. The van der Waals surface area contributed by atoms with E-state index in [-0.39, 0.29) is 5.91 Å². The monoisotopic (exact) mass is 434 g/mol. The van der Waals surface area contributed by atoms with Crippen molar-refractivity contribution in [3.8, 4) is 10.7 Å².